The first-order valence-electron chi connectivity index (χ1n) is 3.81. The molecule has 14 heavy (non-hydrogen) atoms. The Hall–Kier alpha value is 0.0600. The minimum Gasteiger partial charge on any atom is -0.325 e. The van der Waals surface area contributed by atoms with E-state index in [1.807, 2.05) is 12.1 Å². The van der Waals surface area contributed by atoms with Crippen molar-refractivity contribution in [3.63, 3.8) is 0 Å². The van der Waals surface area contributed by atoms with Gasteiger partial charge in [0, 0.05) is 11.4 Å². The Labute approximate surface area is 103 Å². The molecule has 0 unspecified atom stereocenters. The zero-order valence-corrected chi connectivity index (χ0v) is 10.9. The molecule has 0 fully saturated rings. The zero-order chi connectivity index (χ0) is 10.1. The highest BCUT2D eigenvalue weighted by molar-refractivity contribution is 9.10. The van der Waals surface area contributed by atoms with Crippen molar-refractivity contribution >= 4 is 50.2 Å². The van der Waals surface area contributed by atoms with Gasteiger partial charge < -0.3 is 5.73 Å². The molecule has 2 aromatic heterocycles. The van der Waals surface area contributed by atoms with Crippen LogP contribution in [0.3, 0.4) is 0 Å². The summed E-state index contributed by atoms with van der Waals surface area (Å²) in [7, 11) is 0. The number of thiophene rings is 1. The highest BCUT2D eigenvalue weighted by atomic mass is 79.9. The summed E-state index contributed by atoms with van der Waals surface area (Å²) in [5.41, 5.74) is 5.52. The van der Waals surface area contributed by atoms with Gasteiger partial charge in [-0.15, -0.1) is 22.7 Å². The number of hydrogen-bond acceptors (Lipinski definition) is 4. The summed E-state index contributed by atoms with van der Waals surface area (Å²) in [5.74, 6) is 0. The molecule has 6 heteroatoms. The third-order valence-electron chi connectivity index (χ3n) is 1.60. The van der Waals surface area contributed by atoms with Gasteiger partial charge in [-0.1, -0.05) is 11.6 Å². The monoisotopic (exact) mass is 308 g/mol. The van der Waals surface area contributed by atoms with Crippen LogP contribution in [-0.2, 0) is 6.54 Å². The molecule has 2 rings (SSSR count). The number of aromatic nitrogens is 1. The first-order chi connectivity index (χ1) is 6.70. The van der Waals surface area contributed by atoms with E-state index in [2.05, 4.69) is 20.9 Å². The van der Waals surface area contributed by atoms with E-state index in [1.165, 1.54) is 0 Å². The van der Waals surface area contributed by atoms with Gasteiger partial charge >= 0.3 is 0 Å². The third-order valence-corrected chi connectivity index (χ3v) is 4.93. The molecule has 2 nitrogen and oxygen atoms in total. The van der Waals surface area contributed by atoms with Crippen molar-refractivity contribution in [2.45, 2.75) is 6.54 Å². The van der Waals surface area contributed by atoms with E-state index in [4.69, 9.17) is 17.3 Å². The summed E-state index contributed by atoms with van der Waals surface area (Å²) in [6, 6.07) is 3.88. The molecule has 0 amide bonds. The molecule has 0 bridgehead atoms. The maximum Gasteiger partial charge on any atom is 0.126 e. The number of halogens is 2. The third kappa shape index (κ3) is 2.01. The van der Waals surface area contributed by atoms with E-state index in [0.29, 0.717) is 6.54 Å². The van der Waals surface area contributed by atoms with Crippen LogP contribution < -0.4 is 5.73 Å². The lowest BCUT2D eigenvalue weighted by Crippen LogP contribution is -1.93. The van der Waals surface area contributed by atoms with Crippen LogP contribution in [0.4, 0.5) is 0 Å². The summed E-state index contributed by atoms with van der Waals surface area (Å²) in [5, 5.41) is 0.927. The quantitative estimate of drug-likeness (QED) is 0.917. The zero-order valence-electron chi connectivity index (χ0n) is 6.96. The predicted octanol–water partition coefficient (Wildman–Crippen LogP) is 3.75. The normalized spacial score (nSPS) is 10.8. The fourth-order valence-corrected chi connectivity index (χ4v) is 3.93. The average Bonchev–Trinajstić information content (AvgIpc) is 2.71. The van der Waals surface area contributed by atoms with Gasteiger partial charge in [0.05, 0.1) is 9.21 Å². The Morgan fingerprint density at radius 2 is 2.21 bits per heavy atom. The Morgan fingerprint density at radius 1 is 1.43 bits per heavy atom. The van der Waals surface area contributed by atoms with Crippen molar-refractivity contribution in [1.29, 1.82) is 0 Å². The molecule has 0 spiro atoms. The maximum absolute atomic E-state index is 5.87. The van der Waals surface area contributed by atoms with Crippen molar-refractivity contribution in [2.75, 3.05) is 0 Å². The fourth-order valence-electron chi connectivity index (χ4n) is 1.02. The summed E-state index contributed by atoms with van der Waals surface area (Å²) < 4.78 is 1.64. The minimum absolute atomic E-state index is 0.475. The molecule has 2 heterocycles. The molecule has 0 saturated heterocycles. The second-order valence-electron chi connectivity index (χ2n) is 2.54. The van der Waals surface area contributed by atoms with Gasteiger partial charge in [-0.05, 0) is 28.1 Å². The number of thiazole rings is 1. The Kier molecular flexibility index (Phi) is 3.23. The summed E-state index contributed by atoms with van der Waals surface area (Å²) in [4.78, 5) is 6.51. The van der Waals surface area contributed by atoms with Crippen LogP contribution in [0.25, 0.3) is 9.75 Å². The summed E-state index contributed by atoms with van der Waals surface area (Å²) in [6.07, 6.45) is 0. The van der Waals surface area contributed by atoms with E-state index in [9.17, 15) is 0 Å². The minimum atomic E-state index is 0.475. The molecule has 74 valence electrons. The van der Waals surface area contributed by atoms with Gasteiger partial charge in [0.2, 0.25) is 0 Å². The second-order valence-corrected chi connectivity index (χ2v) is 6.09. The highest BCUT2D eigenvalue weighted by Crippen LogP contribution is 2.39. The highest BCUT2D eigenvalue weighted by Gasteiger charge is 2.11. The van der Waals surface area contributed by atoms with Gasteiger partial charge in [0.25, 0.3) is 0 Å². The van der Waals surface area contributed by atoms with Gasteiger partial charge in [0.1, 0.15) is 9.61 Å². The van der Waals surface area contributed by atoms with Crippen LogP contribution in [0.2, 0.25) is 4.34 Å². The smallest absolute Gasteiger partial charge is 0.126 e. The molecule has 0 atom stereocenters. The first kappa shape index (κ1) is 10.6. The number of rotatable bonds is 2. The van der Waals surface area contributed by atoms with Crippen LogP contribution in [-0.4, -0.2) is 4.98 Å². The molecule has 2 N–H and O–H groups in total. The Balaban J connectivity index is 2.45. The largest absolute Gasteiger partial charge is 0.325 e. The van der Waals surface area contributed by atoms with Crippen LogP contribution in [0, 0.1) is 0 Å². The van der Waals surface area contributed by atoms with Crippen molar-refractivity contribution in [1.82, 2.24) is 4.98 Å². The fraction of sp³-hybridized carbons (Fsp3) is 0.125. The average molecular weight is 310 g/mol. The standard InChI is InChI=1S/C8H6BrClN2S2/c9-8-7(14-6(3-11)12-8)4-1-2-5(10)13-4/h1-2H,3,11H2. The van der Waals surface area contributed by atoms with Gasteiger partial charge in [-0.2, -0.15) is 0 Å². The van der Waals surface area contributed by atoms with E-state index >= 15 is 0 Å². The van der Waals surface area contributed by atoms with Crippen LogP contribution in [0.15, 0.2) is 16.7 Å². The van der Waals surface area contributed by atoms with Crippen molar-refractivity contribution in [2.24, 2.45) is 5.73 Å². The SMILES string of the molecule is NCc1nc(Br)c(-c2ccc(Cl)s2)s1. The molecular weight excluding hydrogens is 304 g/mol. The number of hydrogen-bond donors (Lipinski definition) is 1. The Morgan fingerprint density at radius 3 is 2.71 bits per heavy atom. The molecule has 0 saturated carbocycles. The number of nitrogens with zero attached hydrogens (tertiary/aromatic N) is 1. The predicted molar refractivity (Wildman–Crippen MR) is 66.0 cm³/mol. The Bertz CT molecular complexity index is 452. The molecule has 2 aromatic rings. The molecule has 0 aliphatic heterocycles. The van der Waals surface area contributed by atoms with Crippen LogP contribution in [0.5, 0.6) is 0 Å². The first-order valence-corrected chi connectivity index (χ1v) is 6.62. The van der Waals surface area contributed by atoms with Gasteiger partial charge in [-0.25, -0.2) is 4.98 Å². The molecule has 0 aromatic carbocycles. The number of nitrogens with two attached hydrogens (primary N) is 1. The van der Waals surface area contributed by atoms with E-state index in [-0.39, 0.29) is 0 Å². The van der Waals surface area contributed by atoms with E-state index < -0.39 is 0 Å². The maximum atomic E-state index is 5.87. The van der Waals surface area contributed by atoms with E-state index in [0.717, 1.165) is 23.7 Å². The van der Waals surface area contributed by atoms with Crippen molar-refractivity contribution < 1.29 is 0 Å². The summed E-state index contributed by atoms with van der Waals surface area (Å²) >= 11 is 12.4. The molecular formula is C8H6BrClN2S2. The lowest BCUT2D eigenvalue weighted by molar-refractivity contribution is 1.03. The van der Waals surface area contributed by atoms with Crippen LogP contribution in [0.1, 0.15) is 5.01 Å². The van der Waals surface area contributed by atoms with Crippen molar-refractivity contribution in [3.8, 4) is 9.75 Å². The lowest BCUT2D eigenvalue weighted by atomic mass is 10.4. The van der Waals surface area contributed by atoms with Crippen molar-refractivity contribution in [3.05, 3.63) is 26.1 Å². The molecule has 0 radical (unpaired) electrons. The molecule has 0 aliphatic carbocycles. The lowest BCUT2D eigenvalue weighted by Gasteiger charge is -1.88. The molecule has 0 aliphatic rings. The summed E-state index contributed by atoms with van der Waals surface area (Å²) in [6.45, 7) is 0.475. The van der Waals surface area contributed by atoms with Gasteiger partial charge in [0.15, 0.2) is 0 Å². The van der Waals surface area contributed by atoms with E-state index in [1.54, 1.807) is 22.7 Å². The topological polar surface area (TPSA) is 38.9 Å². The van der Waals surface area contributed by atoms with Gasteiger partial charge in [-0.3, -0.25) is 0 Å². The second kappa shape index (κ2) is 4.28. The van der Waals surface area contributed by atoms with Crippen LogP contribution >= 0.6 is 50.2 Å².